The largest absolute Gasteiger partial charge is 0.508 e. The second-order valence-corrected chi connectivity index (χ2v) is 5.99. The number of halogens is 1. The second-order valence-electron chi connectivity index (χ2n) is 5.58. The predicted octanol–water partition coefficient (Wildman–Crippen LogP) is 2.95. The van der Waals surface area contributed by atoms with Crippen molar-refractivity contribution in [3.05, 3.63) is 46.2 Å². The fourth-order valence-corrected chi connectivity index (χ4v) is 2.19. The smallest absolute Gasteiger partial charge is 0.117 e. The minimum atomic E-state index is -0.824. The van der Waals surface area contributed by atoms with Crippen LogP contribution < -0.4 is 0 Å². The summed E-state index contributed by atoms with van der Waals surface area (Å²) in [6.45, 7) is 3.62. The molecule has 0 heterocycles. The first-order chi connectivity index (χ1) is 10.3. The van der Waals surface area contributed by atoms with Crippen LogP contribution >= 0.6 is 11.6 Å². The third-order valence-corrected chi connectivity index (χ3v) is 3.73. The van der Waals surface area contributed by atoms with Crippen LogP contribution in [0.15, 0.2) is 35.6 Å². The zero-order chi connectivity index (χ0) is 16.7. The first-order valence-corrected chi connectivity index (χ1v) is 7.61. The van der Waals surface area contributed by atoms with Crippen LogP contribution in [0.25, 0.3) is 0 Å². The van der Waals surface area contributed by atoms with Gasteiger partial charge >= 0.3 is 0 Å². The van der Waals surface area contributed by atoms with Crippen molar-refractivity contribution in [1.82, 2.24) is 0 Å². The van der Waals surface area contributed by atoms with E-state index < -0.39 is 12.2 Å². The van der Waals surface area contributed by atoms with Crippen LogP contribution in [-0.4, -0.2) is 33.1 Å². The molecule has 1 aromatic rings. The summed E-state index contributed by atoms with van der Waals surface area (Å²) in [5.41, 5.74) is 4.02. The first kappa shape index (κ1) is 18.8. The topological polar surface area (TPSA) is 80.9 Å². The standard InChI is InChI=1S/C17H23ClO4/c1-11(2)17(22)8-12(10-19)4-3-5-16(21)14-7-6-13(20)9-15(14)18/h3,6-7,9,11,16-17,19-22H,5,8,10H2,1-2H3/t4?,16-,17-/m1/s1. The maximum Gasteiger partial charge on any atom is 0.117 e. The molecule has 1 aromatic carbocycles. The van der Waals surface area contributed by atoms with Gasteiger partial charge in [-0.2, -0.15) is 0 Å². The predicted molar refractivity (Wildman–Crippen MR) is 86.8 cm³/mol. The molecular weight excluding hydrogens is 304 g/mol. The number of benzene rings is 1. The Hall–Kier alpha value is -1.29. The van der Waals surface area contributed by atoms with Crippen LogP contribution in [0.2, 0.25) is 5.02 Å². The van der Waals surface area contributed by atoms with Crippen molar-refractivity contribution in [2.24, 2.45) is 5.92 Å². The summed E-state index contributed by atoms with van der Waals surface area (Å²) in [4.78, 5) is 0. The summed E-state index contributed by atoms with van der Waals surface area (Å²) >= 11 is 5.96. The lowest BCUT2D eigenvalue weighted by atomic mass is 10.00. The van der Waals surface area contributed by atoms with Crippen LogP contribution in [0.5, 0.6) is 5.75 Å². The van der Waals surface area contributed by atoms with Gasteiger partial charge < -0.3 is 20.4 Å². The van der Waals surface area contributed by atoms with Gasteiger partial charge in [0.05, 0.1) is 23.8 Å². The van der Waals surface area contributed by atoms with Gasteiger partial charge in [-0.15, -0.1) is 5.73 Å². The zero-order valence-corrected chi connectivity index (χ0v) is 13.6. The van der Waals surface area contributed by atoms with E-state index in [0.29, 0.717) is 22.6 Å². The number of rotatable bonds is 7. The van der Waals surface area contributed by atoms with E-state index in [9.17, 15) is 20.4 Å². The molecule has 0 saturated carbocycles. The minimum absolute atomic E-state index is 0.0432. The van der Waals surface area contributed by atoms with Crippen molar-refractivity contribution >= 4 is 11.6 Å². The lowest BCUT2D eigenvalue weighted by Gasteiger charge is -2.14. The van der Waals surface area contributed by atoms with Gasteiger partial charge in [0.1, 0.15) is 5.75 Å². The highest BCUT2D eigenvalue weighted by Gasteiger charge is 2.12. The third-order valence-electron chi connectivity index (χ3n) is 3.41. The van der Waals surface area contributed by atoms with Crippen molar-refractivity contribution < 1.29 is 20.4 Å². The van der Waals surface area contributed by atoms with E-state index in [4.69, 9.17) is 11.6 Å². The molecule has 5 heteroatoms. The van der Waals surface area contributed by atoms with Gasteiger partial charge in [-0.3, -0.25) is 0 Å². The molecule has 0 unspecified atom stereocenters. The molecule has 0 radical (unpaired) electrons. The van der Waals surface area contributed by atoms with E-state index in [1.807, 2.05) is 13.8 Å². The molecule has 0 saturated heterocycles. The van der Waals surface area contributed by atoms with E-state index in [2.05, 4.69) is 5.73 Å². The highest BCUT2D eigenvalue weighted by atomic mass is 35.5. The SMILES string of the molecule is CC(C)[C@H](O)CC(=C=CC[C@@H](O)c1ccc(O)cc1Cl)CO. The number of hydrogen-bond acceptors (Lipinski definition) is 4. The molecule has 0 spiro atoms. The summed E-state index contributed by atoms with van der Waals surface area (Å²) in [7, 11) is 0. The Balaban J connectivity index is 2.74. The van der Waals surface area contributed by atoms with Gasteiger partial charge in [0.2, 0.25) is 0 Å². The van der Waals surface area contributed by atoms with Crippen LogP contribution in [0.4, 0.5) is 0 Å². The molecule has 2 atom stereocenters. The van der Waals surface area contributed by atoms with Crippen LogP contribution in [0.3, 0.4) is 0 Å². The number of phenolic OH excluding ortho intramolecular Hbond substituents is 1. The average molecular weight is 327 g/mol. The van der Waals surface area contributed by atoms with Gasteiger partial charge in [-0.1, -0.05) is 31.5 Å². The van der Waals surface area contributed by atoms with E-state index in [1.54, 1.807) is 12.1 Å². The number of aliphatic hydroxyl groups is 3. The number of aromatic hydroxyl groups is 1. The maximum absolute atomic E-state index is 10.1. The monoisotopic (exact) mass is 326 g/mol. The van der Waals surface area contributed by atoms with Crippen molar-refractivity contribution in [2.45, 2.75) is 38.9 Å². The van der Waals surface area contributed by atoms with E-state index in [1.165, 1.54) is 12.1 Å². The molecule has 0 aliphatic rings. The van der Waals surface area contributed by atoms with Gasteiger partial charge in [-0.05, 0) is 35.3 Å². The molecule has 0 aromatic heterocycles. The average Bonchev–Trinajstić information content (AvgIpc) is 2.45. The molecule has 0 fully saturated rings. The molecular formula is C17H23ClO4. The fourth-order valence-electron chi connectivity index (χ4n) is 1.89. The Labute approximate surface area is 136 Å². The Morgan fingerprint density at radius 3 is 2.55 bits per heavy atom. The fraction of sp³-hybridized carbons (Fsp3) is 0.471. The number of phenols is 1. The van der Waals surface area contributed by atoms with Crippen molar-refractivity contribution in [1.29, 1.82) is 0 Å². The van der Waals surface area contributed by atoms with E-state index in [-0.39, 0.29) is 24.7 Å². The van der Waals surface area contributed by atoms with Gasteiger partial charge in [0, 0.05) is 12.8 Å². The van der Waals surface area contributed by atoms with Crippen molar-refractivity contribution in [3.63, 3.8) is 0 Å². The Kier molecular flexibility index (Phi) is 7.66. The Morgan fingerprint density at radius 2 is 2.00 bits per heavy atom. The van der Waals surface area contributed by atoms with E-state index in [0.717, 1.165) is 0 Å². The molecule has 122 valence electrons. The second kappa shape index (κ2) is 8.99. The molecule has 0 amide bonds. The normalized spacial score (nSPS) is 13.6. The molecule has 4 N–H and O–H groups in total. The molecule has 4 nitrogen and oxygen atoms in total. The molecule has 0 aliphatic carbocycles. The zero-order valence-electron chi connectivity index (χ0n) is 12.8. The van der Waals surface area contributed by atoms with Gasteiger partial charge in [-0.25, -0.2) is 0 Å². The van der Waals surface area contributed by atoms with Crippen molar-refractivity contribution in [2.75, 3.05) is 6.61 Å². The van der Waals surface area contributed by atoms with Gasteiger partial charge in [0.25, 0.3) is 0 Å². The van der Waals surface area contributed by atoms with Gasteiger partial charge in [0.15, 0.2) is 0 Å². The summed E-state index contributed by atoms with van der Waals surface area (Å²) in [5.74, 6) is 0.145. The quantitative estimate of drug-likeness (QED) is 0.581. The maximum atomic E-state index is 10.1. The summed E-state index contributed by atoms with van der Waals surface area (Å²) < 4.78 is 0. The number of aliphatic hydroxyl groups excluding tert-OH is 3. The Morgan fingerprint density at radius 1 is 1.32 bits per heavy atom. The summed E-state index contributed by atoms with van der Waals surface area (Å²) in [6, 6.07) is 4.40. The van der Waals surface area contributed by atoms with E-state index >= 15 is 0 Å². The molecule has 0 bridgehead atoms. The Bertz CT molecular complexity index is 548. The molecule has 1 rings (SSSR count). The summed E-state index contributed by atoms with van der Waals surface area (Å²) in [5, 5.41) is 38.7. The highest BCUT2D eigenvalue weighted by Crippen LogP contribution is 2.28. The lowest BCUT2D eigenvalue weighted by Crippen LogP contribution is -2.16. The number of hydrogen-bond donors (Lipinski definition) is 4. The molecule has 0 aliphatic heterocycles. The van der Waals surface area contributed by atoms with Crippen LogP contribution in [0.1, 0.15) is 38.4 Å². The van der Waals surface area contributed by atoms with Crippen LogP contribution in [0, 0.1) is 5.92 Å². The third kappa shape index (κ3) is 5.84. The highest BCUT2D eigenvalue weighted by molar-refractivity contribution is 6.31. The molecule has 22 heavy (non-hydrogen) atoms. The lowest BCUT2D eigenvalue weighted by molar-refractivity contribution is 0.122. The van der Waals surface area contributed by atoms with Crippen molar-refractivity contribution in [3.8, 4) is 5.75 Å². The first-order valence-electron chi connectivity index (χ1n) is 7.23. The minimum Gasteiger partial charge on any atom is -0.508 e. The summed E-state index contributed by atoms with van der Waals surface area (Å²) in [6.07, 6.45) is 0.883. The van der Waals surface area contributed by atoms with Crippen LogP contribution in [-0.2, 0) is 0 Å².